The van der Waals surface area contributed by atoms with E-state index < -0.39 is 0 Å². The third-order valence-corrected chi connectivity index (χ3v) is 3.10. The van der Waals surface area contributed by atoms with Crippen molar-refractivity contribution < 1.29 is 4.79 Å². The number of carbonyl (C=O) groups is 1. The number of nitrogens with zero attached hydrogens (tertiary/aromatic N) is 2. The first-order chi connectivity index (χ1) is 9.60. The van der Waals surface area contributed by atoms with E-state index in [0.717, 1.165) is 26.1 Å². The lowest BCUT2D eigenvalue weighted by Gasteiger charge is -2.19. The number of amides is 1. The Bertz CT molecular complexity index is 441. The summed E-state index contributed by atoms with van der Waals surface area (Å²) in [6.45, 7) is 7.69. The maximum atomic E-state index is 12.0. The smallest absolute Gasteiger partial charge is 0.251 e. The molecule has 1 heterocycles. The zero-order valence-corrected chi connectivity index (χ0v) is 12.7. The highest BCUT2D eigenvalue weighted by Gasteiger charge is 2.09. The van der Waals surface area contributed by atoms with Crippen LogP contribution in [0.15, 0.2) is 12.1 Å². The molecule has 0 aliphatic heterocycles. The number of nitrogens with two attached hydrogens (primary N) is 1. The fourth-order valence-electron chi connectivity index (χ4n) is 1.88. The van der Waals surface area contributed by atoms with E-state index in [1.807, 2.05) is 0 Å². The number of aromatic nitrogens is 1. The summed E-state index contributed by atoms with van der Waals surface area (Å²) in [5.74, 6) is 5.45. The van der Waals surface area contributed by atoms with E-state index in [0.29, 0.717) is 17.9 Å². The molecule has 0 bridgehead atoms. The van der Waals surface area contributed by atoms with Gasteiger partial charge in [0.1, 0.15) is 11.0 Å². The summed E-state index contributed by atoms with van der Waals surface area (Å²) in [6, 6.07) is 3.08. The number of nitrogens with one attached hydrogen (secondary N) is 2. The molecule has 6 nitrogen and oxygen atoms in total. The number of halogens is 1. The lowest BCUT2D eigenvalue weighted by Crippen LogP contribution is -2.35. The molecule has 1 amide bonds. The summed E-state index contributed by atoms with van der Waals surface area (Å²) in [5.41, 5.74) is 2.82. The van der Waals surface area contributed by atoms with Gasteiger partial charge in [-0.05, 0) is 31.6 Å². The summed E-state index contributed by atoms with van der Waals surface area (Å²) in [6.07, 6.45) is 1.10. The highest BCUT2D eigenvalue weighted by Crippen LogP contribution is 2.13. The fraction of sp³-hybridized carbons (Fsp3) is 0.538. The summed E-state index contributed by atoms with van der Waals surface area (Å²) in [4.78, 5) is 18.2. The second-order valence-electron chi connectivity index (χ2n) is 4.40. The van der Waals surface area contributed by atoms with E-state index >= 15 is 0 Å². The van der Waals surface area contributed by atoms with Gasteiger partial charge in [-0.3, -0.25) is 4.79 Å². The molecule has 0 radical (unpaired) electrons. The minimum atomic E-state index is -0.182. The first kappa shape index (κ1) is 16.7. The van der Waals surface area contributed by atoms with E-state index in [4.69, 9.17) is 17.4 Å². The molecule has 112 valence electrons. The molecule has 0 fully saturated rings. The van der Waals surface area contributed by atoms with Crippen LogP contribution < -0.4 is 16.6 Å². The van der Waals surface area contributed by atoms with Gasteiger partial charge in [-0.2, -0.15) is 0 Å². The first-order valence-corrected chi connectivity index (χ1v) is 7.13. The quantitative estimate of drug-likeness (QED) is 0.385. The largest absolute Gasteiger partial charge is 0.351 e. The number of carbonyl (C=O) groups excluding carboxylic acids is 1. The predicted octanol–water partition coefficient (Wildman–Crippen LogP) is 1.48. The minimum absolute atomic E-state index is 0.182. The van der Waals surface area contributed by atoms with Crippen molar-refractivity contribution >= 4 is 23.3 Å². The van der Waals surface area contributed by atoms with Crippen molar-refractivity contribution in [1.29, 1.82) is 0 Å². The van der Waals surface area contributed by atoms with Crippen LogP contribution in [0.3, 0.4) is 0 Å². The molecule has 20 heavy (non-hydrogen) atoms. The van der Waals surface area contributed by atoms with E-state index in [1.165, 1.54) is 6.07 Å². The van der Waals surface area contributed by atoms with Crippen molar-refractivity contribution in [3.63, 3.8) is 0 Å². The Labute approximate surface area is 124 Å². The van der Waals surface area contributed by atoms with E-state index in [2.05, 4.69) is 34.5 Å². The van der Waals surface area contributed by atoms with Crippen molar-refractivity contribution in [2.75, 3.05) is 31.6 Å². The van der Waals surface area contributed by atoms with Gasteiger partial charge in [-0.15, -0.1) is 0 Å². The molecule has 0 unspecified atom stereocenters. The van der Waals surface area contributed by atoms with Gasteiger partial charge in [0, 0.05) is 18.7 Å². The molecule has 1 rings (SSSR count). The van der Waals surface area contributed by atoms with Crippen LogP contribution in [0.1, 0.15) is 30.6 Å². The van der Waals surface area contributed by atoms with E-state index in [9.17, 15) is 4.79 Å². The maximum absolute atomic E-state index is 12.0. The first-order valence-electron chi connectivity index (χ1n) is 6.75. The Morgan fingerprint density at radius 1 is 1.40 bits per heavy atom. The zero-order chi connectivity index (χ0) is 15.0. The standard InChI is InChI=1S/C13H22ClN5O/c1-3-6-19(4-2)7-5-16-13(20)10-8-11(14)17-12(9-10)18-15/h8-9H,3-7,15H2,1-2H3,(H,16,20)(H,17,18). The van der Waals surface area contributed by atoms with E-state index in [1.54, 1.807) is 6.07 Å². The molecule has 0 atom stereocenters. The Balaban J connectivity index is 2.52. The van der Waals surface area contributed by atoms with Crippen molar-refractivity contribution in [2.45, 2.75) is 20.3 Å². The number of anilines is 1. The lowest BCUT2D eigenvalue weighted by molar-refractivity contribution is 0.0948. The second-order valence-corrected chi connectivity index (χ2v) is 4.79. The Morgan fingerprint density at radius 3 is 2.75 bits per heavy atom. The molecule has 0 aliphatic rings. The van der Waals surface area contributed by atoms with Crippen molar-refractivity contribution in [1.82, 2.24) is 15.2 Å². The number of likely N-dealkylation sites (N-methyl/N-ethyl adjacent to an activating group) is 1. The van der Waals surface area contributed by atoms with Gasteiger partial charge in [-0.25, -0.2) is 10.8 Å². The fourth-order valence-corrected chi connectivity index (χ4v) is 2.08. The molecule has 1 aromatic heterocycles. The molecule has 0 saturated heterocycles. The van der Waals surface area contributed by atoms with Crippen LogP contribution >= 0.6 is 11.6 Å². The van der Waals surface area contributed by atoms with Crippen LogP contribution in [-0.2, 0) is 0 Å². The van der Waals surface area contributed by atoms with Gasteiger partial charge in [0.05, 0.1) is 0 Å². The monoisotopic (exact) mass is 299 g/mol. The molecule has 0 spiro atoms. The van der Waals surface area contributed by atoms with Crippen molar-refractivity contribution in [3.8, 4) is 0 Å². The van der Waals surface area contributed by atoms with Gasteiger partial charge < -0.3 is 15.6 Å². The molecule has 4 N–H and O–H groups in total. The van der Waals surface area contributed by atoms with Crippen LogP contribution in [0.25, 0.3) is 0 Å². The number of rotatable bonds is 8. The van der Waals surface area contributed by atoms with Gasteiger partial charge in [-0.1, -0.05) is 25.4 Å². The lowest BCUT2D eigenvalue weighted by atomic mass is 10.2. The van der Waals surface area contributed by atoms with Crippen LogP contribution in [0, 0.1) is 0 Å². The van der Waals surface area contributed by atoms with Crippen LogP contribution in [-0.4, -0.2) is 42.0 Å². The number of nitrogen functional groups attached to an aromatic ring is 1. The van der Waals surface area contributed by atoms with Crippen LogP contribution in [0.4, 0.5) is 5.82 Å². The van der Waals surface area contributed by atoms with Crippen molar-refractivity contribution in [2.24, 2.45) is 5.84 Å². The average molecular weight is 300 g/mol. The molecular formula is C13H22ClN5O. The number of hydrogen-bond donors (Lipinski definition) is 3. The van der Waals surface area contributed by atoms with Gasteiger partial charge in [0.25, 0.3) is 5.91 Å². The van der Waals surface area contributed by atoms with E-state index in [-0.39, 0.29) is 11.1 Å². The molecule has 0 aromatic carbocycles. The van der Waals surface area contributed by atoms with Crippen molar-refractivity contribution in [3.05, 3.63) is 22.8 Å². The molecule has 0 saturated carbocycles. The summed E-state index contributed by atoms with van der Waals surface area (Å²) < 4.78 is 0. The molecule has 7 heteroatoms. The third kappa shape index (κ3) is 5.32. The normalized spacial score (nSPS) is 10.7. The average Bonchev–Trinajstić information content (AvgIpc) is 2.45. The SMILES string of the molecule is CCCN(CC)CCNC(=O)c1cc(Cl)nc(NN)c1. The number of hydrogen-bond acceptors (Lipinski definition) is 5. The molecular weight excluding hydrogens is 278 g/mol. The van der Waals surface area contributed by atoms with Gasteiger partial charge in [0.2, 0.25) is 0 Å². The molecule has 1 aromatic rings. The van der Waals surface area contributed by atoms with Gasteiger partial charge >= 0.3 is 0 Å². The van der Waals surface area contributed by atoms with Crippen LogP contribution in [0.5, 0.6) is 0 Å². The number of pyridine rings is 1. The minimum Gasteiger partial charge on any atom is -0.351 e. The topological polar surface area (TPSA) is 83.3 Å². The number of hydrazine groups is 1. The summed E-state index contributed by atoms with van der Waals surface area (Å²) in [5, 5.41) is 3.09. The third-order valence-electron chi connectivity index (χ3n) is 2.90. The second kappa shape index (κ2) is 8.73. The Hall–Kier alpha value is -1.37. The predicted molar refractivity (Wildman–Crippen MR) is 81.8 cm³/mol. The molecule has 0 aliphatic carbocycles. The highest BCUT2D eigenvalue weighted by atomic mass is 35.5. The summed E-state index contributed by atoms with van der Waals surface area (Å²) in [7, 11) is 0. The van der Waals surface area contributed by atoms with Crippen LogP contribution in [0.2, 0.25) is 5.15 Å². The zero-order valence-electron chi connectivity index (χ0n) is 11.9. The maximum Gasteiger partial charge on any atom is 0.251 e. The highest BCUT2D eigenvalue weighted by molar-refractivity contribution is 6.29. The Kier molecular flexibility index (Phi) is 7.28. The van der Waals surface area contributed by atoms with Gasteiger partial charge in [0.15, 0.2) is 0 Å². The summed E-state index contributed by atoms with van der Waals surface area (Å²) >= 11 is 5.83. The Morgan fingerprint density at radius 2 is 2.15 bits per heavy atom.